The summed E-state index contributed by atoms with van der Waals surface area (Å²) in [6, 6.07) is 9.19. The Labute approximate surface area is 163 Å². The molecule has 2 aromatic carbocycles. The third-order valence-corrected chi connectivity index (χ3v) is 6.95. The van der Waals surface area contributed by atoms with Crippen LogP contribution in [0.15, 0.2) is 47.4 Å². The number of rotatable bonds is 5. The Morgan fingerprint density at radius 2 is 1.93 bits per heavy atom. The van der Waals surface area contributed by atoms with Crippen LogP contribution in [0.2, 0.25) is 0 Å². The molecule has 0 aromatic heterocycles. The van der Waals surface area contributed by atoms with Crippen LogP contribution in [-0.4, -0.2) is 55.2 Å². The smallest absolute Gasteiger partial charge is 0.394 e. The molecule has 3 amide bonds. The van der Waals surface area contributed by atoms with Crippen molar-refractivity contribution >= 4 is 32.7 Å². The Morgan fingerprint density at radius 3 is 2.50 bits per heavy atom. The fraction of sp³-hybridized carbons (Fsp3) is 0.368. The minimum absolute atomic E-state index is 0.0301. The number of quaternary nitrogens is 1. The maximum atomic E-state index is 13.1. The second-order valence-electron chi connectivity index (χ2n) is 7.13. The van der Waals surface area contributed by atoms with E-state index in [1.807, 2.05) is 12.1 Å². The standard InChI is InChI=1S/C19H23N3O5S/c1-13-5-4-10-22(13,19(20)25)18(24)17(12-23)21-28(26,27)16-9-8-14-6-2-3-7-15(14)11-16/h2-3,6-9,11,13,17,21,23H,4-5,10,12H2,1H3,(H-,20,25)/p+1/t13-,17+,22?/m1/s1. The van der Waals surface area contributed by atoms with Crippen LogP contribution in [0.25, 0.3) is 10.8 Å². The first-order chi connectivity index (χ1) is 13.2. The van der Waals surface area contributed by atoms with E-state index in [1.54, 1.807) is 25.1 Å². The van der Waals surface area contributed by atoms with Crippen LogP contribution in [0.4, 0.5) is 4.79 Å². The number of nitrogens with zero attached hydrogens (tertiary/aromatic N) is 1. The summed E-state index contributed by atoms with van der Waals surface area (Å²) in [6.07, 6.45) is 1.23. The number of sulfonamides is 1. The van der Waals surface area contributed by atoms with Gasteiger partial charge in [0.25, 0.3) is 0 Å². The molecule has 150 valence electrons. The zero-order chi connectivity index (χ0) is 20.5. The lowest BCUT2D eigenvalue weighted by atomic mass is 10.1. The summed E-state index contributed by atoms with van der Waals surface area (Å²) in [5.74, 6) is -0.732. The third kappa shape index (κ3) is 3.42. The lowest BCUT2D eigenvalue weighted by Gasteiger charge is -2.33. The molecule has 0 saturated carbocycles. The van der Waals surface area contributed by atoms with Crippen LogP contribution in [0.3, 0.4) is 0 Å². The predicted molar refractivity (Wildman–Crippen MR) is 104 cm³/mol. The van der Waals surface area contributed by atoms with E-state index in [-0.39, 0.29) is 17.5 Å². The molecule has 1 saturated heterocycles. The average Bonchev–Trinajstić information content (AvgIpc) is 3.07. The van der Waals surface area contributed by atoms with E-state index in [0.29, 0.717) is 12.8 Å². The molecule has 28 heavy (non-hydrogen) atoms. The van der Waals surface area contributed by atoms with Gasteiger partial charge in [0.1, 0.15) is 6.04 Å². The highest BCUT2D eigenvalue weighted by Crippen LogP contribution is 2.28. The van der Waals surface area contributed by atoms with Crippen molar-refractivity contribution in [2.75, 3.05) is 13.2 Å². The number of nitrogens with one attached hydrogen (secondary N) is 1. The Balaban J connectivity index is 1.92. The number of nitrogens with two attached hydrogens (primary N) is 1. The van der Waals surface area contributed by atoms with Gasteiger partial charge in [0.05, 0.1) is 18.0 Å². The van der Waals surface area contributed by atoms with Crippen molar-refractivity contribution in [3.05, 3.63) is 42.5 Å². The van der Waals surface area contributed by atoms with E-state index in [1.165, 1.54) is 12.1 Å². The van der Waals surface area contributed by atoms with Crippen molar-refractivity contribution in [3.8, 4) is 0 Å². The summed E-state index contributed by atoms with van der Waals surface area (Å²) in [7, 11) is -4.10. The molecule has 8 nitrogen and oxygen atoms in total. The minimum atomic E-state index is -4.10. The molecular weight excluding hydrogens is 382 g/mol. The highest BCUT2D eigenvalue weighted by Gasteiger charge is 2.54. The maximum absolute atomic E-state index is 13.1. The monoisotopic (exact) mass is 406 g/mol. The van der Waals surface area contributed by atoms with Gasteiger partial charge in [0.15, 0.2) is 6.04 Å². The number of amides is 3. The van der Waals surface area contributed by atoms with Gasteiger partial charge >= 0.3 is 11.9 Å². The molecule has 0 aliphatic carbocycles. The summed E-state index contributed by atoms with van der Waals surface area (Å²) in [5, 5.41) is 11.3. The van der Waals surface area contributed by atoms with Crippen LogP contribution < -0.4 is 10.5 Å². The second kappa shape index (κ2) is 7.59. The third-order valence-electron chi connectivity index (χ3n) is 5.48. The molecule has 0 spiro atoms. The minimum Gasteiger partial charge on any atom is -0.394 e. The van der Waals surface area contributed by atoms with E-state index >= 15 is 0 Å². The van der Waals surface area contributed by atoms with E-state index in [9.17, 15) is 23.1 Å². The Bertz CT molecular complexity index is 1020. The number of hydrogen-bond acceptors (Lipinski definition) is 5. The normalized spacial score (nSPS) is 23.6. The molecule has 9 heteroatoms. The van der Waals surface area contributed by atoms with Crippen LogP contribution in [0.5, 0.6) is 0 Å². The number of likely N-dealkylation sites (tertiary alicyclic amines) is 1. The number of primary amides is 1. The van der Waals surface area contributed by atoms with Crippen molar-refractivity contribution < 1.29 is 27.6 Å². The molecule has 1 aliphatic heterocycles. The number of carbonyl (C=O) groups excluding carboxylic acids is 2. The van der Waals surface area contributed by atoms with Crippen molar-refractivity contribution in [2.24, 2.45) is 5.73 Å². The van der Waals surface area contributed by atoms with E-state index in [4.69, 9.17) is 5.73 Å². The molecule has 1 unspecified atom stereocenters. The lowest BCUT2D eigenvalue weighted by Crippen LogP contribution is -2.67. The van der Waals surface area contributed by atoms with Gasteiger partial charge in [-0.25, -0.2) is 18.0 Å². The topological polar surface area (TPSA) is 127 Å². The summed E-state index contributed by atoms with van der Waals surface area (Å²) in [4.78, 5) is 25.1. The predicted octanol–water partition coefficient (Wildman–Crippen LogP) is 1.08. The first-order valence-electron chi connectivity index (χ1n) is 9.06. The van der Waals surface area contributed by atoms with E-state index in [2.05, 4.69) is 4.72 Å². The van der Waals surface area contributed by atoms with Gasteiger partial charge in [-0.3, -0.25) is 0 Å². The number of carbonyl (C=O) groups is 2. The Kier molecular flexibility index (Phi) is 5.53. The first kappa shape index (κ1) is 20.4. The average molecular weight is 406 g/mol. The maximum Gasteiger partial charge on any atom is 0.421 e. The van der Waals surface area contributed by atoms with Crippen LogP contribution in [0, 0.1) is 0 Å². The van der Waals surface area contributed by atoms with Crippen LogP contribution in [0.1, 0.15) is 19.8 Å². The molecule has 3 atom stereocenters. The molecule has 0 bridgehead atoms. The Hall–Kier alpha value is -2.33. The quantitative estimate of drug-likeness (QED) is 0.641. The van der Waals surface area contributed by atoms with E-state index in [0.717, 1.165) is 10.8 Å². The summed E-state index contributed by atoms with van der Waals surface area (Å²) < 4.78 is 27.2. The molecule has 2 aromatic rings. The SMILES string of the molecule is C[C@@H]1CCC[N+]1(C(N)=O)C(=O)[C@H](CO)NS(=O)(=O)c1ccc2ccccc2c1. The fourth-order valence-electron chi connectivity index (χ4n) is 3.87. The van der Waals surface area contributed by atoms with Gasteiger partial charge in [0, 0.05) is 12.8 Å². The number of benzene rings is 2. The number of aliphatic hydroxyl groups is 1. The summed E-state index contributed by atoms with van der Waals surface area (Å²) in [6.45, 7) is 1.15. The van der Waals surface area contributed by atoms with Gasteiger partial charge in [0.2, 0.25) is 10.0 Å². The number of hydrogen-bond donors (Lipinski definition) is 3. The van der Waals surface area contributed by atoms with Crippen molar-refractivity contribution in [3.63, 3.8) is 0 Å². The highest BCUT2D eigenvalue weighted by atomic mass is 32.2. The summed E-state index contributed by atoms with van der Waals surface area (Å²) >= 11 is 0. The number of urea groups is 1. The number of fused-ring (bicyclic) bond motifs is 1. The zero-order valence-corrected chi connectivity index (χ0v) is 16.4. The van der Waals surface area contributed by atoms with Crippen LogP contribution >= 0.6 is 0 Å². The van der Waals surface area contributed by atoms with Gasteiger partial charge in [-0.05, 0) is 29.8 Å². The molecule has 0 radical (unpaired) electrons. The molecular formula is C19H24N3O5S+. The molecule has 3 rings (SSSR count). The molecule has 1 aliphatic rings. The van der Waals surface area contributed by atoms with Crippen LogP contribution in [-0.2, 0) is 14.8 Å². The summed E-state index contributed by atoms with van der Waals surface area (Å²) in [5.41, 5.74) is 5.51. The number of aliphatic hydroxyl groups excluding tert-OH is 1. The van der Waals surface area contributed by atoms with Gasteiger partial charge < -0.3 is 10.8 Å². The fourth-order valence-corrected chi connectivity index (χ4v) is 5.09. The molecule has 1 fully saturated rings. The van der Waals surface area contributed by atoms with Gasteiger partial charge in [-0.1, -0.05) is 30.3 Å². The molecule has 1 heterocycles. The van der Waals surface area contributed by atoms with E-state index < -0.39 is 39.1 Å². The second-order valence-corrected chi connectivity index (χ2v) is 8.84. The van der Waals surface area contributed by atoms with Crippen molar-refractivity contribution in [1.82, 2.24) is 4.72 Å². The first-order valence-corrected chi connectivity index (χ1v) is 10.5. The zero-order valence-electron chi connectivity index (χ0n) is 15.5. The Morgan fingerprint density at radius 1 is 1.25 bits per heavy atom. The van der Waals surface area contributed by atoms with Crippen molar-refractivity contribution in [1.29, 1.82) is 0 Å². The van der Waals surface area contributed by atoms with Crippen molar-refractivity contribution in [2.45, 2.75) is 36.7 Å². The highest BCUT2D eigenvalue weighted by molar-refractivity contribution is 7.89. The van der Waals surface area contributed by atoms with Gasteiger partial charge in [-0.15, -0.1) is 0 Å². The lowest BCUT2D eigenvalue weighted by molar-refractivity contribution is -0.784. The van der Waals surface area contributed by atoms with Gasteiger partial charge in [-0.2, -0.15) is 9.21 Å². The number of imide groups is 1. The molecule has 4 N–H and O–H groups in total. The largest absolute Gasteiger partial charge is 0.421 e.